The third kappa shape index (κ3) is 3.82. The summed E-state index contributed by atoms with van der Waals surface area (Å²) < 4.78 is 0. The molecule has 0 heterocycles. The van der Waals surface area contributed by atoms with Crippen LogP contribution in [0.2, 0.25) is 0 Å². The molecule has 18 heavy (non-hydrogen) atoms. The van der Waals surface area contributed by atoms with Gasteiger partial charge in [-0.2, -0.15) is 0 Å². The lowest BCUT2D eigenvalue weighted by atomic mass is 9.95. The standard InChI is InChI=1S/C14H22N2O2/c1-3-9-14(2,15)13(18)16-12(10-17)11-7-5-4-6-8-11/h4-8,12,17H,3,9-10,15H2,1-2H3,(H,16,18). The van der Waals surface area contributed by atoms with Gasteiger partial charge >= 0.3 is 0 Å². The van der Waals surface area contributed by atoms with Gasteiger partial charge in [-0.15, -0.1) is 0 Å². The number of benzene rings is 1. The highest BCUT2D eigenvalue weighted by molar-refractivity contribution is 5.85. The highest BCUT2D eigenvalue weighted by Gasteiger charge is 2.29. The van der Waals surface area contributed by atoms with Gasteiger partial charge in [0.05, 0.1) is 18.2 Å². The highest BCUT2D eigenvalue weighted by Crippen LogP contribution is 2.15. The van der Waals surface area contributed by atoms with E-state index < -0.39 is 11.6 Å². The van der Waals surface area contributed by atoms with Crippen molar-refractivity contribution in [3.63, 3.8) is 0 Å². The van der Waals surface area contributed by atoms with Crippen LogP contribution >= 0.6 is 0 Å². The molecule has 0 aromatic heterocycles. The molecular formula is C14H22N2O2. The highest BCUT2D eigenvalue weighted by atomic mass is 16.3. The number of carbonyl (C=O) groups excluding carboxylic acids is 1. The molecule has 4 heteroatoms. The summed E-state index contributed by atoms with van der Waals surface area (Å²) in [6.07, 6.45) is 1.46. The lowest BCUT2D eigenvalue weighted by Crippen LogP contribution is -2.52. The maximum Gasteiger partial charge on any atom is 0.240 e. The first-order valence-electron chi connectivity index (χ1n) is 6.27. The van der Waals surface area contributed by atoms with Crippen LogP contribution in [0.4, 0.5) is 0 Å². The monoisotopic (exact) mass is 250 g/mol. The minimum absolute atomic E-state index is 0.141. The maximum atomic E-state index is 12.1. The van der Waals surface area contributed by atoms with Crippen molar-refractivity contribution < 1.29 is 9.90 Å². The molecule has 100 valence electrons. The summed E-state index contributed by atoms with van der Waals surface area (Å²) >= 11 is 0. The first-order valence-corrected chi connectivity index (χ1v) is 6.27. The summed E-state index contributed by atoms with van der Waals surface area (Å²) in [6.45, 7) is 3.56. The van der Waals surface area contributed by atoms with Gasteiger partial charge in [0, 0.05) is 0 Å². The zero-order chi connectivity index (χ0) is 13.6. The summed E-state index contributed by atoms with van der Waals surface area (Å²) in [5.74, 6) is -0.229. The van der Waals surface area contributed by atoms with Crippen molar-refractivity contribution in [2.45, 2.75) is 38.3 Å². The van der Waals surface area contributed by atoms with E-state index in [-0.39, 0.29) is 12.5 Å². The van der Waals surface area contributed by atoms with Crippen molar-refractivity contribution in [1.29, 1.82) is 0 Å². The largest absolute Gasteiger partial charge is 0.394 e. The number of hydrogen-bond acceptors (Lipinski definition) is 3. The molecule has 0 radical (unpaired) electrons. The summed E-state index contributed by atoms with van der Waals surface area (Å²) in [5.41, 5.74) is 5.94. The van der Waals surface area contributed by atoms with Crippen LogP contribution in [0.1, 0.15) is 38.3 Å². The van der Waals surface area contributed by atoms with Crippen LogP contribution in [0.15, 0.2) is 30.3 Å². The van der Waals surface area contributed by atoms with Gasteiger partial charge in [-0.3, -0.25) is 4.79 Å². The molecular weight excluding hydrogens is 228 g/mol. The Balaban J connectivity index is 2.73. The van der Waals surface area contributed by atoms with Crippen molar-refractivity contribution in [2.24, 2.45) is 5.73 Å². The van der Waals surface area contributed by atoms with Gasteiger partial charge in [0.1, 0.15) is 0 Å². The van der Waals surface area contributed by atoms with Crippen LogP contribution in [0.3, 0.4) is 0 Å². The SMILES string of the molecule is CCCC(C)(N)C(=O)NC(CO)c1ccccc1. The number of aliphatic hydroxyl groups is 1. The van der Waals surface area contributed by atoms with E-state index in [4.69, 9.17) is 5.73 Å². The van der Waals surface area contributed by atoms with Gasteiger partial charge in [-0.25, -0.2) is 0 Å². The summed E-state index contributed by atoms with van der Waals surface area (Å²) in [5, 5.41) is 12.2. The summed E-state index contributed by atoms with van der Waals surface area (Å²) in [7, 11) is 0. The molecule has 2 unspecified atom stereocenters. The van der Waals surface area contributed by atoms with Crippen LogP contribution in [-0.2, 0) is 4.79 Å². The molecule has 1 aromatic carbocycles. The molecule has 1 rings (SSSR count). The number of nitrogens with two attached hydrogens (primary N) is 1. The summed E-state index contributed by atoms with van der Waals surface area (Å²) in [6, 6.07) is 8.97. The normalized spacial score (nSPS) is 15.8. The maximum absolute atomic E-state index is 12.1. The predicted molar refractivity (Wildman–Crippen MR) is 71.9 cm³/mol. The molecule has 0 bridgehead atoms. The molecule has 4 N–H and O–H groups in total. The lowest BCUT2D eigenvalue weighted by Gasteiger charge is -2.26. The van der Waals surface area contributed by atoms with E-state index in [1.165, 1.54) is 0 Å². The zero-order valence-corrected chi connectivity index (χ0v) is 11.0. The Hall–Kier alpha value is -1.39. The third-order valence-corrected chi connectivity index (χ3v) is 2.98. The van der Waals surface area contributed by atoms with Crippen LogP contribution in [0.5, 0.6) is 0 Å². The Kier molecular flexibility index (Phi) is 5.31. The average molecular weight is 250 g/mol. The van der Waals surface area contributed by atoms with Crippen molar-refractivity contribution in [3.05, 3.63) is 35.9 Å². The Morgan fingerprint density at radius 1 is 1.44 bits per heavy atom. The number of amides is 1. The Labute approximate surface area is 108 Å². The molecule has 2 atom stereocenters. The van der Waals surface area contributed by atoms with Gasteiger partial charge < -0.3 is 16.2 Å². The van der Waals surface area contributed by atoms with E-state index in [1.807, 2.05) is 37.3 Å². The van der Waals surface area contributed by atoms with Gasteiger partial charge in [-0.05, 0) is 18.9 Å². The molecule has 0 fully saturated rings. The number of nitrogens with one attached hydrogen (secondary N) is 1. The van der Waals surface area contributed by atoms with Crippen molar-refractivity contribution >= 4 is 5.91 Å². The predicted octanol–water partition coefficient (Wildman–Crippen LogP) is 1.35. The van der Waals surface area contributed by atoms with E-state index in [1.54, 1.807) is 6.92 Å². The first-order chi connectivity index (χ1) is 8.51. The fraction of sp³-hybridized carbons (Fsp3) is 0.500. The number of carbonyl (C=O) groups is 1. The molecule has 1 aromatic rings. The smallest absolute Gasteiger partial charge is 0.240 e. The minimum Gasteiger partial charge on any atom is -0.394 e. The van der Waals surface area contributed by atoms with E-state index in [0.717, 1.165) is 12.0 Å². The van der Waals surface area contributed by atoms with Crippen LogP contribution in [0.25, 0.3) is 0 Å². The quantitative estimate of drug-likeness (QED) is 0.713. The van der Waals surface area contributed by atoms with Gasteiger partial charge in [0.15, 0.2) is 0 Å². The number of hydrogen-bond donors (Lipinski definition) is 3. The van der Waals surface area contributed by atoms with E-state index in [2.05, 4.69) is 5.32 Å². The second-order valence-corrected chi connectivity index (χ2v) is 4.79. The fourth-order valence-electron chi connectivity index (χ4n) is 1.88. The first kappa shape index (κ1) is 14.7. The van der Waals surface area contributed by atoms with E-state index >= 15 is 0 Å². The Bertz CT molecular complexity index is 377. The average Bonchev–Trinajstić information content (AvgIpc) is 2.36. The molecule has 0 spiro atoms. The van der Waals surface area contributed by atoms with Gasteiger partial charge in [-0.1, -0.05) is 43.7 Å². The fourth-order valence-corrected chi connectivity index (χ4v) is 1.88. The number of aliphatic hydroxyl groups excluding tert-OH is 1. The third-order valence-electron chi connectivity index (χ3n) is 2.98. The minimum atomic E-state index is -0.892. The van der Waals surface area contributed by atoms with E-state index in [9.17, 15) is 9.90 Å². The Morgan fingerprint density at radius 2 is 2.06 bits per heavy atom. The van der Waals surface area contributed by atoms with Crippen molar-refractivity contribution in [2.75, 3.05) is 6.61 Å². The topological polar surface area (TPSA) is 75.4 Å². The van der Waals surface area contributed by atoms with Crippen molar-refractivity contribution in [1.82, 2.24) is 5.32 Å². The van der Waals surface area contributed by atoms with Crippen molar-refractivity contribution in [3.8, 4) is 0 Å². The molecule has 4 nitrogen and oxygen atoms in total. The van der Waals surface area contributed by atoms with Gasteiger partial charge in [0.2, 0.25) is 5.91 Å². The molecule has 0 saturated carbocycles. The van der Waals surface area contributed by atoms with E-state index in [0.29, 0.717) is 6.42 Å². The van der Waals surface area contributed by atoms with Crippen LogP contribution < -0.4 is 11.1 Å². The molecule has 0 aliphatic rings. The number of rotatable bonds is 6. The summed E-state index contributed by atoms with van der Waals surface area (Å²) in [4.78, 5) is 12.1. The molecule has 0 saturated heterocycles. The zero-order valence-electron chi connectivity index (χ0n) is 11.0. The second kappa shape index (κ2) is 6.52. The Morgan fingerprint density at radius 3 is 2.56 bits per heavy atom. The lowest BCUT2D eigenvalue weighted by molar-refractivity contribution is -0.127. The van der Waals surface area contributed by atoms with Crippen LogP contribution in [0, 0.1) is 0 Å². The molecule has 0 aliphatic heterocycles. The van der Waals surface area contributed by atoms with Gasteiger partial charge in [0.25, 0.3) is 0 Å². The van der Waals surface area contributed by atoms with Crippen LogP contribution in [-0.4, -0.2) is 23.2 Å². The molecule has 1 amide bonds. The molecule has 0 aliphatic carbocycles. The second-order valence-electron chi connectivity index (χ2n) is 4.79.